The van der Waals surface area contributed by atoms with E-state index >= 15 is 0 Å². The molecule has 0 aliphatic rings. The van der Waals surface area contributed by atoms with Crippen molar-refractivity contribution in [3.8, 4) is 5.75 Å². The van der Waals surface area contributed by atoms with Gasteiger partial charge in [0.2, 0.25) is 0 Å². The van der Waals surface area contributed by atoms with Gasteiger partial charge in [-0.25, -0.2) is 8.78 Å². The molecule has 1 aromatic carbocycles. The Kier molecular flexibility index (Phi) is 3.28. The van der Waals surface area contributed by atoms with Crippen molar-refractivity contribution in [2.45, 2.75) is 11.7 Å². The second-order valence-corrected chi connectivity index (χ2v) is 3.03. The lowest BCUT2D eigenvalue weighted by Gasteiger charge is -2.17. The van der Waals surface area contributed by atoms with Gasteiger partial charge in [0.1, 0.15) is 11.6 Å². The van der Waals surface area contributed by atoms with E-state index in [2.05, 4.69) is 16.3 Å². The van der Waals surface area contributed by atoms with E-state index in [1.807, 2.05) is 0 Å². The summed E-state index contributed by atoms with van der Waals surface area (Å²) in [5.41, 5.74) is 1.85. The Labute approximate surface area is 87.6 Å². The number of nitrogens with two attached hydrogens (primary N) is 1. The van der Waals surface area contributed by atoms with Crippen molar-refractivity contribution >= 4 is 17.3 Å². The van der Waals surface area contributed by atoms with Gasteiger partial charge in [0.25, 0.3) is 5.63 Å². The SMILES string of the molecule is Nc1ccc(OC(F)(F)C(F)Cl)cc1F. The van der Waals surface area contributed by atoms with Gasteiger partial charge in [-0.2, -0.15) is 8.78 Å². The number of hydrogen-bond acceptors (Lipinski definition) is 2. The zero-order chi connectivity index (χ0) is 11.6. The van der Waals surface area contributed by atoms with Crippen LogP contribution in [-0.2, 0) is 0 Å². The van der Waals surface area contributed by atoms with Crippen molar-refractivity contribution in [1.82, 2.24) is 0 Å². The van der Waals surface area contributed by atoms with Gasteiger partial charge in [-0.05, 0) is 12.1 Å². The molecule has 15 heavy (non-hydrogen) atoms. The second-order valence-electron chi connectivity index (χ2n) is 2.65. The van der Waals surface area contributed by atoms with Crippen molar-refractivity contribution in [2.75, 3.05) is 5.73 Å². The number of hydrogen-bond donors (Lipinski definition) is 1. The molecule has 1 rings (SSSR count). The first kappa shape index (κ1) is 11.9. The molecule has 0 aliphatic heterocycles. The van der Waals surface area contributed by atoms with Crippen LogP contribution >= 0.6 is 11.6 Å². The topological polar surface area (TPSA) is 35.2 Å². The molecule has 0 fully saturated rings. The Morgan fingerprint density at radius 2 is 2.00 bits per heavy atom. The number of alkyl halides is 4. The van der Waals surface area contributed by atoms with Gasteiger partial charge in [-0.3, -0.25) is 0 Å². The van der Waals surface area contributed by atoms with Crippen LogP contribution in [0.2, 0.25) is 0 Å². The molecule has 0 saturated carbocycles. The second kappa shape index (κ2) is 4.14. The molecular formula is C8H6ClF4NO. The first-order valence-electron chi connectivity index (χ1n) is 3.73. The van der Waals surface area contributed by atoms with Gasteiger partial charge in [0.05, 0.1) is 5.69 Å². The van der Waals surface area contributed by atoms with Gasteiger partial charge < -0.3 is 10.5 Å². The van der Waals surface area contributed by atoms with Gasteiger partial charge in [0, 0.05) is 6.07 Å². The van der Waals surface area contributed by atoms with E-state index < -0.39 is 23.3 Å². The number of benzene rings is 1. The summed E-state index contributed by atoms with van der Waals surface area (Å²) in [4.78, 5) is 0. The van der Waals surface area contributed by atoms with Crippen LogP contribution in [0, 0.1) is 5.82 Å². The lowest BCUT2D eigenvalue weighted by molar-refractivity contribution is -0.199. The quantitative estimate of drug-likeness (QED) is 0.503. The number of halogens is 5. The largest absolute Gasteiger partial charge is 0.444 e. The maximum atomic E-state index is 12.8. The van der Waals surface area contributed by atoms with Crippen molar-refractivity contribution in [3.63, 3.8) is 0 Å². The van der Waals surface area contributed by atoms with Crippen molar-refractivity contribution < 1.29 is 22.3 Å². The Balaban J connectivity index is 2.86. The van der Waals surface area contributed by atoms with E-state index in [-0.39, 0.29) is 5.69 Å². The molecule has 0 heterocycles. The maximum Gasteiger partial charge on any atom is 0.444 e. The van der Waals surface area contributed by atoms with Gasteiger partial charge >= 0.3 is 6.11 Å². The number of anilines is 1. The zero-order valence-electron chi connectivity index (χ0n) is 7.18. The predicted molar refractivity (Wildman–Crippen MR) is 47.1 cm³/mol. The average molecular weight is 244 g/mol. The standard InChI is InChI=1S/C8H6ClF4NO/c9-7(11)8(12,13)15-4-1-2-6(14)5(10)3-4/h1-3,7H,14H2. The summed E-state index contributed by atoms with van der Waals surface area (Å²) in [6, 6.07) is 2.61. The molecule has 84 valence electrons. The monoisotopic (exact) mass is 243 g/mol. The predicted octanol–water partition coefficient (Wildman–Crippen LogP) is 2.91. The summed E-state index contributed by atoms with van der Waals surface area (Å²) in [5.74, 6) is -1.50. The highest BCUT2D eigenvalue weighted by atomic mass is 35.5. The van der Waals surface area contributed by atoms with Crippen LogP contribution in [0.3, 0.4) is 0 Å². The van der Waals surface area contributed by atoms with E-state index in [1.165, 1.54) is 0 Å². The highest BCUT2D eigenvalue weighted by Crippen LogP contribution is 2.29. The van der Waals surface area contributed by atoms with Gasteiger partial charge in [-0.15, -0.1) is 0 Å². The van der Waals surface area contributed by atoms with Crippen LogP contribution in [0.1, 0.15) is 0 Å². The van der Waals surface area contributed by atoms with Crippen LogP contribution in [0.25, 0.3) is 0 Å². The molecule has 0 saturated heterocycles. The van der Waals surface area contributed by atoms with Crippen LogP contribution in [0.15, 0.2) is 18.2 Å². The van der Waals surface area contributed by atoms with E-state index in [1.54, 1.807) is 0 Å². The summed E-state index contributed by atoms with van der Waals surface area (Å²) < 4.78 is 53.9. The van der Waals surface area contributed by atoms with E-state index in [9.17, 15) is 17.6 Å². The molecule has 0 spiro atoms. The van der Waals surface area contributed by atoms with Crippen LogP contribution in [0.5, 0.6) is 5.75 Å². The molecule has 0 radical (unpaired) electrons. The molecule has 1 atom stereocenters. The van der Waals surface area contributed by atoms with Crippen molar-refractivity contribution in [2.24, 2.45) is 0 Å². The smallest absolute Gasteiger partial charge is 0.429 e. The summed E-state index contributed by atoms with van der Waals surface area (Å²) in [6.07, 6.45) is -4.22. The molecule has 0 bridgehead atoms. The van der Waals surface area contributed by atoms with Crippen LogP contribution in [0.4, 0.5) is 23.2 Å². The molecule has 1 unspecified atom stereocenters. The molecule has 7 heteroatoms. The third-order valence-corrected chi connectivity index (χ3v) is 1.73. The molecule has 2 N–H and O–H groups in total. The maximum absolute atomic E-state index is 12.8. The highest BCUT2D eigenvalue weighted by molar-refractivity contribution is 6.20. The average Bonchev–Trinajstić information content (AvgIpc) is 2.10. The summed E-state index contributed by atoms with van der Waals surface area (Å²) in [5, 5.41) is 0. The fourth-order valence-corrected chi connectivity index (χ4v) is 0.818. The van der Waals surface area contributed by atoms with Gasteiger partial charge in [-0.1, -0.05) is 11.6 Å². The van der Waals surface area contributed by atoms with Crippen molar-refractivity contribution in [3.05, 3.63) is 24.0 Å². The Morgan fingerprint density at radius 3 is 2.47 bits per heavy atom. The fourth-order valence-electron chi connectivity index (χ4n) is 0.773. The molecule has 0 aromatic heterocycles. The first-order chi connectivity index (χ1) is 6.83. The zero-order valence-corrected chi connectivity index (χ0v) is 7.94. The minimum absolute atomic E-state index is 0.228. The molecule has 2 nitrogen and oxygen atoms in total. The molecule has 0 amide bonds. The van der Waals surface area contributed by atoms with E-state index in [4.69, 9.17) is 5.73 Å². The van der Waals surface area contributed by atoms with Crippen LogP contribution in [-0.4, -0.2) is 11.7 Å². The number of ether oxygens (including phenoxy) is 1. The van der Waals surface area contributed by atoms with Crippen LogP contribution < -0.4 is 10.5 Å². The van der Waals surface area contributed by atoms with E-state index in [0.29, 0.717) is 6.07 Å². The lowest BCUT2D eigenvalue weighted by atomic mass is 10.3. The Hall–Kier alpha value is -1.17. The third-order valence-electron chi connectivity index (χ3n) is 1.48. The van der Waals surface area contributed by atoms with Gasteiger partial charge in [0.15, 0.2) is 0 Å². The summed E-state index contributed by atoms with van der Waals surface area (Å²) in [7, 11) is 0. The summed E-state index contributed by atoms with van der Waals surface area (Å²) in [6.45, 7) is 0. The number of rotatable bonds is 3. The molecular weight excluding hydrogens is 238 g/mol. The normalized spacial score (nSPS) is 13.7. The third kappa shape index (κ3) is 2.89. The highest BCUT2D eigenvalue weighted by Gasteiger charge is 2.42. The minimum atomic E-state index is -4.22. The fraction of sp³-hybridized carbons (Fsp3) is 0.250. The molecule has 0 aliphatic carbocycles. The number of nitrogen functional groups attached to an aromatic ring is 1. The van der Waals surface area contributed by atoms with E-state index in [0.717, 1.165) is 12.1 Å². The summed E-state index contributed by atoms with van der Waals surface area (Å²) >= 11 is 4.53. The Bertz CT molecular complexity index is 358. The minimum Gasteiger partial charge on any atom is -0.429 e. The molecule has 1 aromatic rings. The van der Waals surface area contributed by atoms with Crippen molar-refractivity contribution in [1.29, 1.82) is 0 Å². The Morgan fingerprint density at radius 1 is 1.40 bits per heavy atom. The first-order valence-corrected chi connectivity index (χ1v) is 4.16. The lowest BCUT2D eigenvalue weighted by Crippen LogP contribution is -2.32.